The molecule has 0 spiro atoms. The lowest BCUT2D eigenvalue weighted by Gasteiger charge is -2.32. The van der Waals surface area contributed by atoms with E-state index in [-0.39, 0.29) is 23.2 Å². The molecule has 1 N–H and O–H groups in total. The molecule has 7 nitrogen and oxygen atoms in total. The third-order valence-electron chi connectivity index (χ3n) is 6.76. The lowest BCUT2D eigenvalue weighted by atomic mass is 10.1. The van der Waals surface area contributed by atoms with Crippen LogP contribution < -0.4 is 5.32 Å². The summed E-state index contributed by atoms with van der Waals surface area (Å²) in [5.74, 6) is -0.282. The van der Waals surface area contributed by atoms with Crippen molar-refractivity contribution in [2.24, 2.45) is 0 Å². The molecule has 0 saturated carbocycles. The Morgan fingerprint density at radius 3 is 2.49 bits per heavy atom. The molecule has 1 saturated heterocycles. The number of nitrogens with one attached hydrogen (secondary N) is 1. The topological polar surface area (TPSA) is 62.1 Å². The number of nitrogens with zero attached hydrogens (tertiary/aromatic N) is 6. The van der Waals surface area contributed by atoms with Gasteiger partial charge in [0.25, 0.3) is 0 Å². The smallest absolute Gasteiger partial charge is 0.227 e. The summed E-state index contributed by atoms with van der Waals surface area (Å²) in [5.41, 5.74) is 2.89. The van der Waals surface area contributed by atoms with Gasteiger partial charge in [-0.15, -0.1) is 0 Å². The van der Waals surface area contributed by atoms with Crippen molar-refractivity contribution >= 4 is 34.3 Å². The molecule has 10 heteroatoms. The Hall–Kier alpha value is -3.14. The quantitative estimate of drug-likeness (QED) is 0.343. The first-order valence-electron chi connectivity index (χ1n) is 12.4. The van der Waals surface area contributed by atoms with Crippen LogP contribution in [0.1, 0.15) is 31.3 Å². The number of hydrogen-bond acceptors (Lipinski definition) is 6. The summed E-state index contributed by atoms with van der Waals surface area (Å²) in [5, 5.41) is 3.73. The molecule has 0 radical (unpaired) electrons. The predicted molar refractivity (Wildman–Crippen MR) is 143 cm³/mol. The maximum atomic E-state index is 15.0. The maximum Gasteiger partial charge on any atom is 0.227 e. The Labute approximate surface area is 220 Å². The van der Waals surface area contributed by atoms with Gasteiger partial charge in [-0.3, -0.25) is 4.90 Å². The molecule has 1 aliphatic rings. The van der Waals surface area contributed by atoms with Crippen molar-refractivity contribution in [2.45, 2.75) is 33.4 Å². The van der Waals surface area contributed by atoms with Gasteiger partial charge in [0.2, 0.25) is 5.95 Å². The van der Waals surface area contributed by atoms with Crippen LogP contribution in [0.2, 0.25) is 5.02 Å². The van der Waals surface area contributed by atoms with Crippen LogP contribution in [-0.2, 0) is 6.54 Å². The number of piperazine rings is 1. The summed E-state index contributed by atoms with van der Waals surface area (Å²) in [6.45, 7) is 10.7. The van der Waals surface area contributed by atoms with E-state index < -0.39 is 11.6 Å². The molecule has 3 heterocycles. The molecule has 0 unspecified atom stereocenters. The van der Waals surface area contributed by atoms with Crippen molar-refractivity contribution in [3.8, 4) is 11.3 Å². The second-order valence-electron chi connectivity index (χ2n) is 9.85. The van der Waals surface area contributed by atoms with E-state index in [9.17, 15) is 8.78 Å². The van der Waals surface area contributed by atoms with Crippen molar-refractivity contribution < 1.29 is 8.78 Å². The predicted octanol–water partition coefficient (Wildman–Crippen LogP) is 5.81. The summed E-state index contributed by atoms with van der Waals surface area (Å²) < 4.78 is 31.7. The van der Waals surface area contributed by atoms with Crippen molar-refractivity contribution in [3.05, 3.63) is 64.6 Å². The second kappa shape index (κ2) is 10.3. The molecule has 0 aliphatic carbocycles. The number of halogens is 3. The van der Waals surface area contributed by atoms with Gasteiger partial charge in [-0.2, -0.15) is 0 Å². The molecule has 37 heavy (non-hydrogen) atoms. The van der Waals surface area contributed by atoms with Crippen LogP contribution in [0.25, 0.3) is 22.3 Å². The summed E-state index contributed by atoms with van der Waals surface area (Å²) in [6, 6.07) is 8.74. The van der Waals surface area contributed by atoms with Gasteiger partial charge >= 0.3 is 0 Å². The zero-order chi connectivity index (χ0) is 26.3. The van der Waals surface area contributed by atoms with Crippen molar-refractivity contribution in [2.75, 3.05) is 38.5 Å². The maximum absolute atomic E-state index is 15.0. The largest absolute Gasteiger partial charge is 0.326 e. The second-order valence-corrected chi connectivity index (χ2v) is 10.3. The summed E-state index contributed by atoms with van der Waals surface area (Å²) in [4.78, 5) is 17.5. The molecule has 2 aromatic heterocycles. The van der Waals surface area contributed by atoms with E-state index in [0.29, 0.717) is 27.6 Å². The van der Waals surface area contributed by atoms with E-state index in [4.69, 9.17) is 11.6 Å². The first kappa shape index (κ1) is 25.5. The van der Waals surface area contributed by atoms with Gasteiger partial charge in [-0.25, -0.2) is 23.7 Å². The van der Waals surface area contributed by atoms with E-state index >= 15 is 0 Å². The van der Waals surface area contributed by atoms with Crippen LogP contribution in [0.4, 0.5) is 20.4 Å². The molecule has 1 fully saturated rings. The average molecular weight is 526 g/mol. The van der Waals surface area contributed by atoms with Gasteiger partial charge < -0.3 is 14.8 Å². The number of fused-ring (bicyclic) bond motifs is 1. The molecular weight excluding hydrogens is 496 g/mol. The fourth-order valence-electron chi connectivity index (χ4n) is 4.82. The first-order valence-corrected chi connectivity index (χ1v) is 12.7. The molecule has 4 aromatic rings. The lowest BCUT2D eigenvalue weighted by Crippen LogP contribution is -2.43. The Kier molecular flexibility index (Phi) is 7.11. The van der Waals surface area contributed by atoms with Crippen LogP contribution >= 0.6 is 11.6 Å². The highest BCUT2D eigenvalue weighted by molar-refractivity contribution is 6.31. The van der Waals surface area contributed by atoms with Crippen LogP contribution in [0.15, 0.2) is 36.5 Å². The summed E-state index contributed by atoms with van der Waals surface area (Å²) in [6.07, 6.45) is 1.08. The van der Waals surface area contributed by atoms with Gasteiger partial charge in [0.15, 0.2) is 11.6 Å². The molecule has 0 amide bonds. The zero-order valence-electron chi connectivity index (χ0n) is 21.4. The number of aryl methyl sites for hydroxylation is 1. The molecule has 0 atom stereocenters. The number of benzene rings is 2. The van der Waals surface area contributed by atoms with Crippen molar-refractivity contribution in [1.29, 1.82) is 0 Å². The Morgan fingerprint density at radius 1 is 1.03 bits per heavy atom. The highest BCUT2D eigenvalue weighted by Gasteiger charge is 2.19. The van der Waals surface area contributed by atoms with Crippen molar-refractivity contribution in [1.82, 2.24) is 29.3 Å². The normalized spacial score (nSPS) is 15.1. The monoisotopic (exact) mass is 525 g/mol. The standard InChI is InChI=1S/C27H30ClF2N7/c1-16(2)37-17(3)32-26-22(29)11-19(12-24(26)37)25-23(30)14-31-27(34-25)33-20-6-5-18(21(28)13-20)15-36-9-7-35(4)8-10-36/h5-6,11-14,16H,7-10,15H2,1-4H3,(H,31,33,34). The number of imidazole rings is 1. The van der Waals surface area contributed by atoms with E-state index in [0.717, 1.165) is 44.5 Å². The van der Waals surface area contributed by atoms with E-state index in [1.807, 2.05) is 43.5 Å². The van der Waals surface area contributed by atoms with Gasteiger partial charge in [-0.05, 0) is 57.6 Å². The van der Waals surface area contributed by atoms with Crippen molar-refractivity contribution in [3.63, 3.8) is 0 Å². The van der Waals surface area contributed by atoms with Crippen LogP contribution in [0.3, 0.4) is 0 Å². The number of aromatic nitrogens is 4. The van der Waals surface area contributed by atoms with Crippen LogP contribution in [0, 0.1) is 18.6 Å². The van der Waals surface area contributed by atoms with E-state index in [1.54, 1.807) is 6.07 Å². The lowest BCUT2D eigenvalue weighted by molar-refractivity contribution is 0.148. The molecule has 1 aliphatic heterocycles. The Bertz CT molecular complexity index is 1440. The fraction of sp³-hybridized carbons (Fsp3) is 0.370. The van der Waals surface area contributed by atoms with E-state index in [2.05, 4.69) is 37.1 Å². The van der Waals surface area contributed by atoms with Gasteiger partial charge in [-0.1, -0.05) is 17.7 Å². The molecular formula is C27H30ClF2N7. The summed E-state index contributed by atoms with van der Waals surface area (Å²) in [7, 11) is 2.13. The van der Waals surface area contributed by atoms with Crippen LogP contribution in [-0.4, -0.2) is 62.5 Å². The number of anilines is 2. The Morgan fingerprint density at radius 2 is 1.78 bits per heavy atom. The minimum Gasteiger partial charge on any atom is -0.326 e. The third-order valence-corrected chi connectivity index (χ3v) is 7.11. The number of hydrogen-bond donors (Lipinski definition) is 1. The average Bonchev–Trinajstić information content (AvgIpc) is 3.20. The highest BCUT2D eigenvalue weighted by Crippen LogP contribution is 2.31. The first-order chi connectivity index (χ1) is 17.7. The number of rotatable bonds is 6. The summed E-state index contributed by atoms with van der Waals surface area (Å²) >= 11 is 6.58. The minimum atomic E-state index is -0.641. The molecule has 194 valence electrons. The SMILES string of the molecule is Cc1nc2c(F)cc(-c3nc(Nc4ccc(CN5CCN(C)CC5)c(Cl)c4)ncc3F)cc2n1C(C)C. The van der Waals surface area contributed by atoms with Gasteiger partial charge in [0, 0.05) is 55.0 Å². The fourth-order valence-corrected chi connectivity index (χ4v) is 5.06. The zero-order valence-corrected chi connectivity index (χ0v) is 22.2. The van der Waals surface area contributed by atoms with E-state index in [1.165, 1.54) is 6.07 Å². The van der Waals surface area contributed by atoms with Gasteiger partial charge in [0.1, 0.15) is 17.0 Å². The molecule has 5 rings (SSSR count). The highest BCUT2D eigenvalue weighted by atomic mass is 35.5. The molecule has 2 aromatic carbocycles. The van der Waals surface area contributed by atoms with Crippen LogP contribution in [0.5, 0.6) is 0 Å². The third kappa shape index (κ3) is 5.30. The Balaban J connectivity index is 1.40. The minimum absolute atomic E-state index is 0.00485. The number of likely N-dealkylation sites (N-methyl/N-ethyl adjacent to an activating group) is 1. The molecule has 0 bridgehead atoms. The van der Waals surface area contributed by atoms with Gasteiger partial charge in [0.05, 0.1) is 11.7 Å².